The van der Waals surface area contributed by atoms with Crippen LogP contribution >= 0.6 is 0 Å². The number of benzene rings is 1. The quantitative estimate of drug-likeness (QED) is 0.493. The molecule has 0 amide bonds. The minimum absolute atomic E-state index is 0.339. The number of rotatable bonds is 8. The minimum Gasteiger partial charge on any atom is -0.497 e. The normalized spacial score (nSPS) is 17.3. The third kappa shape index (κ3) is 6.45. The number of ether oxygens (including phenoxy) is 1. The molecule has 2 N–H and O–H groups in total. The molecule has 0 aliphatic heterocycles. The predicted molar refractivity (Wildman–Crippen MR) is 125 cm³/mol. The number of aliphatic imine (C=N–C) groups is 1. The van der Waals surface area contributed by atoms with E-state index in [1.165, 1.54) is 32.1 Å². The van der Waals surface area contributed by atoms with E-state index in [-0.39, 0.29) is 0 Å². The van der Waals surface area contributed by atoms with Gasteiger partial charge in [0, 0.05) is 13.1 Å². The smallest absolute Gasteiger partial charge is 0.192 e. The third-order valence-electron chi connectivity index (χ3n) is 6.72. The van der Waals surface area contributed by atoms with Gasteiger partial charge in [0.25, 0.3) is 0 Å². The average molecular weight is 427 g/mol. The van der Waals surface area contributed by atoms with Crippen LogP contribution in [0.4, 0.5) is 0 Å². The SMILES string of the molecule is COc1ccc(CN=C(NCc2nnc(C)n2C)NC(C)C(C)C2CCCCC2)cc1. The van der Waals surface area contributed by atoms with E-state index in [0.29, 0.717) is 25.0 Å². The first-order valence-electron chi connectivity index (χ1n) is 11.5. The second-order valence-corrected chi connectivity index (χ2v) is 8.78. The molecule has 170 valence electrons. The summed E-state index contributed by atoms with van der Waals surface area (Å²) in [5, 5.41) is 15.5. The van der Waals surface area contributed by atoms with Gasteiger partial charge in [-0.15, -0.1) is 10.2 Å². The first-order chi connectivity index (χ1) is 15.0. The van der Waals surface area contributed by atoms with Gasteiger partial charge < -0.3 is 19.9 Å². The Balaban J connectivity index is 1.67. The first kappa shape index (κ1) is 23.1. The summed E-state index contributed by atoms with van der Waals surface area (Å²) in [6.45, 7) is 7.79. The molecule has 7 heteroatoms. The van der Waals surface area contributed by atoms with Crippen LogP contribution in [0.3, 0.4) is 0 Å². The van der Waals surface area contributed by atoms with Crippen molar-refractivity contribution in [2.24, 2.45) is 23.9 Å². The lowest BCUT2D eigenvalue weighted by Gasteiger charge is -2.33. The molecule has 1 fully saturated rings. The monoisotopic (exact) mass is 426 g/mol. The van der Waals surface area contributed by atoms with Gasteiger partial charge in [0.05, 0.1) is 20.2 Å². The van der Waals surface area contributed by atoms with Gasteiger partial charge in [-0.3, -0.25) is 0 Å². The van der Waals surface area contributed by atoms with Crippen molar-refractivity contribution in [1.82, 2.24) is 25.4 Å². The van der Waals surface area contributed by atoms with Crippen molar-refractivity contribution in [3.63, 3.8) is 0 Å². The molecule has 0 spiro atoms. The van der Waals surface area contributed by atoms with Crippen molar-refractivity contribution in [2.75, 3.05) is 7.11 Å². The summed E-state index contributed by atoms with van der Waals surface area (Å²) in [4.78, 5) is 4.86. The van der Waals surface area contributed by atoms with Crippen molar-refractivity contribution in [3.8, 4) is 5.75 Å². The Hall–Kier alpha value is -2.57. The van der Waals surface area contributed by atoms with E-state index in [0.717, 1.165) is 34.8 Å². The molecule has 0 radical (unpaired) electrons. The molecule has 2 unspecified atom stereocenters. The molecule has 0 bridgehead atoms. The van der Waals surface area contributed by atoms with Crippen LogP contribution in [-0.4, -0.2) is 33.9 Å². The van der Waals surface area contributed by atoms with Crippen LogP contribution in [0.2, 0.25) is 0 Å². The van der Waals surface area contributed by atoms with Crippen molar-refractivity contribution >= 4 is 5.96 Å². The Morgan fingerprint density at radius 1 is 1.16 bits per heavy atom. The second kappa shape index (κ2) is 11.2. The Labute approximate surface area is 186 Å². The molecule has 1 heterocycles. The van der Waals surface area contributed by atoms with E-state index in [9.17, 15) is 0 Å². The number of guanidine groups is 1. The van der Waals surface area contributed by atoms with Crippen LogP contribution in [0.25, 0.3) is 0 Å². The van der Waals surface area contributed by atoms with Crippen molar-refractivity contribution in [3.05, 3.63) is 41.5 Å². The molecule has 31 heavy (non-hydrogen) atoms. The molecule has 1 saturated carbocycles. The first-order valence-corrected chi connectivity index (χ1v) is 11.5. The molecule has 3 rings (SSSR count). The summed E-state index contributed by atoms with van der Waals surface area (Å²) < 4.78 is 7.26. The van der Waals surface area contributed by atoms with Gasteiger partial charge in [0.2, 0.25) is 0 Å². The number of aromatic nitrogens is 3. The highest BCUT2D eigenvalue weighted by Crippen LogP contribution is 2.31. The summed E-state index contributed by atoms with van der Waals surface area (Å²) in [6.07, 6.45) is 6.81. The van der Waals surface area contributed by atoms with Crippen molar-refractivity contribution in [1.29, 1.82) is 0 Å². The van der Waals surface area contributed by atoms with Crippen LogP contribution in [-0.2, 0) is 20.1 Å². The zero-order valence-corrected chi connectivity index (χ0v) is 19.7. The zero-order valence-electron chi connectivity index (χ0n) is 19.7. The summed E-state index contributed by atoms with van der Waals surface area (Å²) in [5.74, 6) is 4.86. The van der Waals surface area contributed by atoms with E-state index < -0.39 is 0 Å². The lowest BCUT2D eigenvalue weighted by Crippen LogP contribution is -2.46. The van der Waals surface area contributed by atoms with Crippen molar-refractivity contribution < 1.29 is 4.74 Å². The van der Waals surface area contributed by atoms with Gasteiger partial charge >= 0.3 is 0 Å². The summed E-state index contributed by atoms with van der Waals surface area (Å²) in [5.41, 5.74) is 1.14. The number of nitrogens with one attached hydrogen (secondary N) is 2. The lowest BCUT2D eigenvalue weighted by atomic mass is 9.78. The Morgan fingerprint density at radius 2 is 1.87 bits per heavy atom. The average Bonchev–Trinajstić information content (AvgIpc) is 3.13. The third-order valence-corrected chi connectivity index (χ3v) is 6.72. The molecule has 1 aromatic carbocycles. The molecule has 2 atom stereocenters. The Morgan fingerprint density at radius 3 is 2.48 bits per heavy atom. The van der Waals surface area contributed by atoms with Gasteiger partial charge in [-0.05, 0) is 43.4 Å². The highest BCUT2D eigenvalue weighted by molar-refractivity contribution is 5.80. The van der Waals surface area contributed by atoms with Crippen LogP contribution < -0.4 is 15.4 Å². The molecular formula is C24H38N6O. The van der Waals surface area contributed by atoms with Crippen molar-refractivity contribution in [2.45, 2.75) is 72.0 Å². The fraction of sp³-hybridized carbons (Fsp3) is 0.625. The van der Waals surface area contributed by atoms with Crippen LogP contribution in [0.5, 0.6) is 5.75 Å². The minimum atomic E-state index is 0.339. The molecule has 2 aromatic rings. The number of hydrogen-bond donors (Lipinski definition) is 2. The van der Waals surface area contributed by atoms with E-state index in [4.69, 9.17) is 9.73 Å². The fourth-order valence-electron chi connectivity index (χ4n) is 4.24. The van der Waals surface area contributed by atoms with Gasteiger partial charge in [-0.1, -0.05) is 51.2 Å². The van der Waals surface area contributed by atoms with E-state index >= 15 is 0 Å². The molecule has 0 saturated heterocycles. The summed E-state index contributed by atoms with van der Waals surface area (Å²) in [6, 6.07) is 8.40. The number of nitrogens with zero attached hydrogens (tertiary/aromatic N) is 4. The molecule has 1 aliphatic carbocycles. The molecule has 1 aromatic heterocycles. The summed E-state index contributed by atoms with van der Waals surface area (Å²) in [7, 11) is 3.67. The fourth-order valence-corrected chi connectivity index (χ4v) is 4.24. The largest absolute Gasteiger partial charge is 0.497 e. The van der Waals surface area contributed by atoms with Gasteiger partial charge in [-0.25, -0.2) is 4.99 Å². The summed E-state index contributed by atoms with van der Waals surface area (Å²) >= 11 is 0. The number of aryl methyl sites for hydroxylation is 1. The zero-order chi connectivity index (χ0) is 22.2. The van der Waals surface area contributed by atoms with E-state index in [1.54, 1.807) is 7.11 Å². The van der Waals surface area contributed by atoms with Gasteiger partial charge in [0.1, 0.15) is 11.6 Å². The highest BCUT2D eigenvalue weighted by Gasteiger charge is 2.25. The number of methoxy groups -OCH3 is 1. The van der Waals surface area contributed by atoms with Crippen LogP contribution in [0, 0.1) is 18.8 Å². The maximum Gasteiger partial charge on any atom is 0.192 e. The second-order valence-electron chi connectivity index (χ2n) is 8.78. The molecule has 7 nitrogen and oxygen atoms in total. The predicted octanol–water partition coefficient (Wildman–Crippen LogP) is 3.97. The van der Waals surface area contributed by atoms with Crippen LogP contribution in [0.1, 0.15) is 63.2 Å². The van der Waals surface area contributed by atoms with Gasteiger partial charge in [0.15, 0.2) is 11.8 Å². The van der Waals surface area contributed by atoms with Gasteiger partial charge in [-0.2, -0.15) is 0 Å². The standard InChI is InChI=1S/C24H38N6O/c1-17(21-9-7-6-8-10-21)18(2)27-24(26-16-23-29-28-19(3)30(23)4)25-15-20-11-13-22(31-5)14-12-20/h11-14,17-18,21H,6-10,15-16H2,1-5H3,(H2,25,26,27). The lowest BCUT2D eigenvalue weighted by molar-refractivity contribution is 0.229. The molecule has 1 aliphatic rings. The Kier molecular flexibility index (Phi) is 8.32. The Bertz CT molecular complexity index is 838. The molecular weight excluding hydrogens is 388 g/mol. The van der Waals surface area contributed by atoms with Crippen LogP contribution in [0.15, 0.2) is 29.3 Å². The highest BCUT2D eigenvalue weighted by atomic mass is 16.5. The maximum absolute atomic E-state index is 5.26. The van der Waals surface area contributed by atoms with E-state index in [2.05, 4.69) is 46.8 Å². The number of hydrogen-bond acceptors (Lipinski definition) is 4. The van der Waals surface area contributed by atoms with E-state index in [1.807, 2.05) is 30.7 Å². The topological polar surface area (TPSA) is 76.4 Å². The maximum atomic E-state index is 5.26.